The topological polar surface area (TPSA) is 84.0 Å². The predicted molar refractivity (Wildman–Crippen MR) is 91.0 cm³/mol. The molecule has 1 aliphatic rings. The lowest BCUT2D eigenvalue weighted by Gasteiger charge is -2.24. The number of hydrogen-bond acceptors (Lipinski definition) is 3. The van der Waals surface area contributed by atoms with Crippen molar-refractivity contribution in [2.45, 2.75) is 26.8 Å². The number of quaternary nitrogens is 1. The Balaban J connectivity index is 2.15. The number of urea groups is 1. The minimum absolute atomic E-state index is 0.200. The van der Waals surface area contributed by atoms with Gasteiger partial charge in [-0.2, -0.15) is 0 Å². The smallest absolute Gasteiger partial charge is 0.337 e. The quantitative estimate of drug-likeness (QED) is 0.653. The molecule has 24 heavy (non-hydrogen) atoms. The fourth-order valence-electron chi connectivity index (χ4n) is 2.83. The van der Waals surface area contributed by atoms with Crippen LogP contribution in [0.2, 0.25) is 0 Å². The highest BCUT2D eigenvalue weighted by Gasteiger charge is 2.26. The summed E-state index contributed by atoms with van der Waals surface area (Å²) in [6, 6.07) is 10.2. The SMILES string of the molecule is CCOC(=O)C1=C(C[NH2+][C@@H](c2ccccc2)C(C)C)NC(=O)NC1. The van der Waals surface area contributed by atoms with Crippen molar-refractivity contribution in [1.29, 1.82) is 0 Å². The number of benzene rings is 1. The van der Waals surface area contributed by atoms with E-state index in [4.69, 9.17) is 4.74 Å². The molecule has 0 fully saturated rings. The van der Waals surface area contributed by atoms with E-state index in [1.165, 1.54) is 5.56 Å². The largest absolute Gasteiger partial charge is 0.463 e. The first kappa shape index (κ1) is 18.0. The molecule has 6 nitrogen and oxygen atoms in total. The first-order valence-electron chi connectivity index (χ1n) is 8.35. The van der Waals surface area contributed by atoms with Gasteiger partial charge in [0.1, 0.15) is 12.6 Å². The van der Waals surface area contributed by atoms with Crippen LogP contribution in [0.15, 0.2) is 41.6 Å². The van der Waals surface area contributed by atoms with E-state index in [-0.39, 0.29) is 24.6 Å². The van der Waals surface area contributed by atoms with Gasteiger partial charge in [-0.25, -0.2) is 9.59 Å². The van der Waals surface area contributed by atoms with E-state index in [0.29, 0.717) is 30.3 Å². The van der Waals surface area contributed by atoms with E-state index in [1.54, 1.807) is 6.92 Å². The van der Waals surface area contributed by atoms with Gasteiger partial charge in [0.05, 0.1) is 24.4 Å². The number of nitrogens with one attached hydrogen (secondary N) is 2. The van der Waals surface area contributed by atoms with E-state index in [1.807, 2.05) is 18.2 Å². The summed E-state index contributed by atoms with van der Waals surface area (Å²) in [7, 11) is 0. The van der Waals surface area contributed by atoms with Crippen molar-refractivity contribution in [2.24, 2.45) is 5.92 Å². The zero-order valence-corrected chi connectivity index (χ0v) is 14.5. The number of carbonyl (C=O) groups is 2. The van der Waals surface area contributed by atoms with Gasteiger partial charge in [-0.15, -0.1) is 0 Å². The van der Waals surface area contributed by atoms with Crippen molar-refractivity contribution in [3.8, 4) is 0 Å². The molecule has 1 atom stereocenters. The van der Waals surface area contributed by atoms with Crippen LogP contribution in [0.3, 0.4) is 0 Å². The van der Waals surface area contributed by atoms with Gasteiger partial charge in [-0.05, 0) is 6.92 Å². The zero-order chi connectivity index (χ0) is 17.5. The second kappa shape index (κ2) is 8.49. The first-order chi connectivity index (χ1) is 11.5. The summed E-state index contributed by atoms with van der Waals surface area (Å²) >= 11 is 0. The highest BCUT2D eigenvalue weighted by molar-refractivity contribution is 5.93. The van der Waals surface area contributed by atoms with Crippen LogP contribution < -0.4 is 16.0 Å². The molecule has 2 amide bonds. The van der Waals surface area contributed by atoms with Crippen LogP contribution in [-0.2, 0) is 9.53 Å². The predicted octanol–water partition coefficient (Wildman–Crippen LogP) is 1.08. The molecule has 0 saturated carbocycles. The summed E-state index contributed by atoms with van der Waals surface area (Å²) in [5.41, 5.74) is 2.34. The van der Waals surface area contributed by atoms with Gasteiger partial charge >= 0.3 is 12.0 Å². The van der Waals surface area contributed by atoms with Crippen molar-refractivity contribution in [3.05, 3.63) is 47.2 Å². The number of carbonyl (C=O) groups excluding carboxylic acids is 2. The fraction of sp³-hybridized carbons (Fsp3) is 0.444. The summed E-state index contributed by atoms with van der Waals surface area (Å²) in [6.45, 7) is 7.12. The number of nitrogens with two attached hydrogens (primary N) is 1. The maximum absolute atomic E-state index is 12.1. The van der Waals surface area contributed by atoms with Crippen LogP contribution in [-0.4, -0.2) is 31.7 Å². The van der Waals surface area contributed by atoms with Crippen LogP contribution in [0.4, 0.5) is 4.79 Å². The minimum Gasteiger partial charge on any atom is -0.463 e. The van der Waals surface area contributed by atoms with Gasteiger partial charge < -0.3 is 20.7 Å². The lowest BCUT2D eigenvalue weighted by molar-refractivity contribution is -0.696. The molecule has 2 rings (SSSR count). The minimum atomic E-state index is -0.380. The molecule has 0 saturated heterocycles. The van der Waals surface area contributed by atoms with Crippen LogP contribution in [0.5, 0.6) is 0 Å². The lowest BCUT2D eigenvalue weighted by atomic mass is 9.96. The van der Waals surface area contributed by atoms with E-state index < -0.39 is 0 Å². The standard InChI is InChI=1S/C18H25N3O3/c1-4-24-17(22)14-10-20-18(23)21-15(14)11-19-16(12(2)3)13-8-6-5-7-9-13/h5-9,12,16,19H,4,10-11H2,1-3H3,(H2,20,21,23)/p+1/t16-/m1/s1. The molecule has 6 heteroatoms. The molecule has 0 aromatic heterocycles. The summed E-state index contributed by atoms with van der Waals surface area (Å²) in [5, 5.41) is 7.52. The first-order valence-corrected chi connectivity index (χ1v) is 8.35. The van der Waals surface area contributed by atoms with Crippen LogP contribution >= 0.6 is 0 Å². The molecule has 0 radical (unpaired) electrons. The van der Waals surface area contributed by atoms with Gasteiger partial charge in [0, 0.05) is 11.5 Å². The number of rotatable bonds is 7. The maximum atomic E-state index is 12.1. The Morgan fingerprint density at radius 1 is 1.29 bits per heavy atom. The molecule has 0 unspecified atom stereocenters. The Morgan fingerprint density at radius 3 is 2.62 bits per heavy atom. The number of amides is 2. The van der Waals surface area contributed by atoms with E-state index in [9.17, 15) is 9.59 Å². The fourth-order valence-corrected chi connectivity index (χ4v) is 2.83. The molecule has 130 valence electrons. The second-order valence-corrected chi connectivity index (χ2v) is 6.11. The number of hydrogen-bond donors (Lipinski definition) is 3. The van der Waals surface area contributed by atoms with Crippen LogP contribution in [0, 0.1) is 5.92 Å². The van der Waals surface area contributed by atoms with E-state index in [2.05, 4.69) is 41.9 Å². The number of esters is 1. The lowest BCUT2D eigenvalue weighted by Crippen LogP contribution is -2.87. The van der Waals surface area contributed by atoms with Gasteiger partial charge in [-0.3, -0.25) is 0 Å². The van der Waals surface area contributed by atoms with Crippen LogP contribution in [0.1, 0.15) is 32.4 Å². The highest BCUT2D eigenvalue weighted by atomic mass is 16.5. The monoisotopic (exact) mass is 332 g/mol. The van der Waals surface area contributed by atoms with E-state index in [0.717, 1.165) is 0 Å². The van der Waals surface area contributed by atoms with E-state index >= 15 is 0 Å². The highest BCUT2D eigenvalue weighted by Crippen LogP contribution is 2.17. The maximum Gasteiger partial charge on any atom is 0.337 e. The van der Waals surface area contributed by atoms with Crippen molar-refractivity contribution in [3.63, 3.8) is 0 Å². The molecule has 1 aromatic rings. The molecule has 0 spiro atoms. The van der Waals surface area contributed by atoms with Gasteiger partial charge in [0.25, 0.3) is 0 Å². The molecule has 1 aliphatic heterocycles. The van der Waals surface area contributed by atoms with Crippen molar-refractivity contribution < 1.29 is 19.6 Å². The van der Waals surface area contributed by atoms with Crippen molar-refractivity contribution in [2.75, 3.05) is 19.7 Å². The molecule has 1 heterocycles. The Kier molecular flexibility index (Phi) is 6.37. The molecule has 0 bridgehead atoms. The molecular weight excluding hydrogens is 306 g/mol. The second-order valence-electron chi connectivity index (χ2n) is 6.11. The van der Waals surface area contributed by atoms with Crippen molar-refractivity contribution in [1.82, 2.24) is 10.6 Å². The third-order valence-electron chi connectivity index (χ3n) is 4.05. The Hall–Kier alpha value is -2.34. The average Bonchev–Trinajstić information content (AvgIpc) is 2.56. The molecular formula is C18H26N3O3+. The van der Waals surface area contributed by atoms with Crippen LogP contribution in [0.25, 0.3) is 0 Å². The third kappa shape index (κ3) is 4.58. The summed E-state index contributed by atoms with van der Waals surface area (Å²) in [4.78, 5) is 23.7. The average molecular weight is 332 g/mol. The van der Waals surface area contributed by atoms with Gasteiger partial charge in [0.2, 0.25) is 0 Å². The zero-order valence-electron chi connectivity index (χ0n) is 14.5. The third-order valence-corrected chi connectivity index (χ3v) is 4.05. The Bertz CT molecular complexity index is 611. The molecule has 0 aliphatic carbocycles. The summed E-state index contributed by atoms with van der Waals surface area (Å²) in [6.07, 6.45) is 0. The Morgan fingerprint density at radius 2 is 2.00 bits per heavy atom. The summed E-state index contributed by atoms with van der Waals surface area (Å²) < 4.78 is 5.08. The van der Waals surface area contributed by atoms with Gasteiger partial charge in [0.15, 0.2) is 0 Å². The van der Waals surface area contributed by atoms with Gasteiger partial charge in [-0.1, -0.05) is 44.2 Å². The number of ether oxygens (including phenoxy) is 1. The summed E-state index contributed by atoms with van der Waals surface area (Å²) in [5.74, 6) is 0.0330. The molecule has 1 aromatic carbocycles. The normalized spacial score (nSPS) is 15.8. The Labute approximate surface area is 142 Å². The molecule has 4 N–H and O–H groups in total. The van der Waals surface area contributed by atoms with Crippen molar-refractivity contribution >= 4 is 12.0 Å².